The highest BCUT2D eigenvalue weighted by Crippen LogP contribution is 2.31. The molecule has 1 aliphatic carbocycles. The van der Waals surface area contributed by atoms with Gasteiger partial charge in [-0.25, -0.2) is 8.78 Å². The fraction of sp³-hybridized carbons (Fsp3) is 0.500. The summed E-state index contributed by atoms with van der Waals surface area (Å²) in [5.41, 5.74) is 2.58. The number of halogens is 2. The summed E-state index contributed by atoms with van der Waals surface area (Å²) in [5.74, 6) is 5.89. The molecule has 1 aliphatic rings. The Morgan fingerprint density at radius 3 is 2.10 bits per heavy atom. The maximum atomic E-state index is 14.7. The van der Waals surface area contributed by atoms with E-state index in [0.717, 1.165) is 30.7 Å². The zero-order valence-electron chi connectivity index (χ0n) is 18.4. The van der Waals surface area contributed by atoms with Crippen LogP contribution in [0.5, 0.6) is 0 Å². The van der Waals surface area contributed by atoms with Gasteiger partial charge in [-0.05, 0) is 73.3 Å². The molecule has 2 heteroatoms. The van der Waals surface area contributed by atoms with Gasteiger partial charge in [0, 0.05) is 5.92 Å². The summed E-state index contributed by atoms with van der Waals surface area (Å²) in [5, 5.41) is 0. The second-order valence-corrected chi connectivity index (χ2v) is 8.74. The van der Waals surface area contributed by atoms with E-state index in [1.54, 1.807) is 0 Å². The molecule has 0 radical (unpaired) electrons. The van der Waals surface area contributed by atoms with Crippen molar-refractivity contribution in [3.8, 4) is 23.0 Å². The Bertz CT molecular complexity index is 839. The van der Waals surface area contributed by atoms with Crippen molar-refractivity contribution in [3.63, 3.8) is 0 Å². The molecule has 0 bridgehead atoms. The molecule has 0 aliphatic heterocycles. The zero-order chi connectivity index (χ0) is 21.3. The van der Waals surface area contributed by atoms with Crippen molar-refractivity contribution in [1.82, 2.24) is 0 Å². The van der Waals surface area contributed by atoms with Gasteiger partial charge in [-0.15, -0.1) is 0 Å². The average Bonchev–Trinajstić information content (AvgIpc) is 2.75. The largest absolute Gasteiger partial charge is 0.205 e. The van der Waals surface area contributed by atoms with Crippen molar-refractivity contribution in [2.75, 3.05) is 0 Å². The lowest BCUT2D eigenvalue weighted by Gasteiger charge is -2.25. The third-order valence-electron chi connectivity index (χ3n) is 6.34. The Kier molecular flexibility index (Phi) is 8.50. The van der Waals surface area contributed by atoms with Crippen molar-refractivity contribution < 1.29 is 8.78 Å². The maximum absolute atomic E-state index is 14.7. The number of benzene rings is 2. The molecule has 1 saturated carbocycles. The SMILES string of the molecule is CCCCCc1ccc(-c2cc(F)c(C#C[C@H]3CC[C@H](CCC)CC3)c(F)c2)cc1. The lowest BCUT2D eigenvalue weighted by Crippen LogP contribution is -2.13. The van der Waals surface area contributed by atoms with Crippen molar-refractivity contribution in [2.24, 2.45) is 11.8 Å². The smallest absolute Gasteiger partial charge is 0.142 e. The van der Waals surface area contributed by atoms with E-state index >= 15 is 0 Å². The third kappa shape index (κ3) is 6.18. The lowest BCUT2D eigenvalue weighted by molar-refractivity contribution is 0.300. The van der Waals surface area contributed by atoms with Gasteiger partial charge in [0.2, 0.25) is 0 Å². The predicted molar refractivity (Wildman–Crippen MR) is 122 cm³/mol. The first kappa shape index (κ1) is 22.5. The quantitative estimate of drug-likeness (QED) is 0.319. The highest BCUT2D eigenvalue weighted by atomic mass is 19.1. The van der Waals surface area contributed by atoms with Crippen LogP contribution in [0, 0.1) is 35.3 Å². The summed E-state index contributed by atoms with van der Waals surface area (Å²) in [6, 6.07) is 10.9. The number of hydrogen-bond donors (Lipinski definition) is 0. The molecule has 0 heterocycles. The number of rotatable bonds is 7. The first-order chi connectivity index (χ1) is 14.6. The first-order valence-corrected chi connectivity index (χ1v) is 11.7. The van der Waals surface area contributed by atoms with Crippen LogP contribution in [0.2, 0.25) is 0 Å². The van der Waals surface area contributed by atoms with Crippen LogP contribution in [-0.2, 0) is 6.42 Å². The summed E-state index contributed by atoms with van der Waals surface area (Å²) in [7, 11) is 0. The number of unbranched alkanes of at least 4 members (excludes halogenated alkanes) is 2. The summed E-state index contributed by atoms with van der Waals surface area (Å²) in [6.07, 6.45) is 11.6. The fourth-order valence-electron chi connectivity index (χ4n) is 4.48. The van der Waals surface area contributed by atoms with Crippen LogP contribution in [0.25, 0.3) is 11.1 Å². The second-order valence-electron chi connectivity index (χ2n) is 8.74. The van der Waals surface area contributed by atoms with Gasteiger partial charge < -0.3 is 0 Å². The number of hydrogen-bond acceptors (Lipinski definition) is 0. The van der Waals surface area contributed by atoms with Crippen molar-refractivity contribution in [1.29, 1.82) is 0 Å². The molecule has 0 atom stereocenters. The Morgan fingerprint density at radius 1 is 0.833 bits per heavy atom. The fourth-order valence-corrected chi connectivity index (χ4v) is 4.48. The van der Waals surface area contributed by atoms with Crippen LogP contribution in [0.1, 0.15) is 82.8 Å². The Balaban J connectivity index is 1.67. The molecule has 2 aromatic rings. The molecule has 2 aromatic carbocycles. The highest BCUT2D eigenvalue weighted by molar-refractivity contribution is 5.65. The van der Waals surface area contributed by atoms with E-state index < -0.39 is 11.6 Å². The van der Waals surface area contributed by atoms with Crippen LogP contribution in [-0.4, -0.2) is 0 Å². The zero-order valence-corrected chi connectivity index (χ0v) is 18.4. The van der Waals surface area contributed by atoms with Crippen LogP contribution in [0.4, 0.5) is 8.78 Å². The van der Waals surface area contributed by atoms with E-state index in [2.05, 4.69) is 37.8 Å². The first-order valence-electron chi connectivity index (χ1n) is 11.7. The minimum Gasteiger partial charge on any atom is -0.205 e. The van der Waals surface area contributed by atoms with E-state index in [9.17, 15) is 8.78 Å². The molecule has 0 amide bonds. The standard InChI is InChI=1S/C28H34F2/c1-3-5-6-8-22-13-16-24(17-14-22)25-19-27(29)26(28(30)20-25)18-15-23-11-9-21(7-4-2)10-12-23/h13-14,16-17,19-21,23H,3-12H2,1-2H3/t21-,23-. The Morgan fingerprint density at radius 2 is 1.50 bits per heavy atom. The van der Waals surface area contributed by atoms with E-state index in [1.165, 1.54) is 62.6 Å². The van der Waals surface area contributed by atoms with Crippen LogP contribution in [0.15, 0.2) is 36.4 Å². The Hall–Kier alpha value is -2.14. The molecule has 0 saturated heterocycles. The molecule has 0 spiro atoms. The number of aryl methyl sites for hydroxylation is 1. The van der Waals surface area contributed by atoms with Gasteiger partial charge in [0.25, 0.3) is 0 Å². The van der Waals surface area contributed by atoms with Gasteiger partial charge in [-0.1, -0.05) is 75.6 Å². The molecule has 0 nitrogen and oxygen atoms in total. The minimum absolute atomic E-state index is 0.0920. The third-order valence-corrected chi connectivity index (χ3v) is 6.34. The van der Waals surface area contributed by atoms with Gasteiger partial charge in [-0.2, -0.15) is 0 Å². The van der Waals surface area contributed by atoms with Gasteiger partial charge >= 0.3 is 0 Å². The molecule has 30 heavy (non-hydrogen) atoms. The summed E-state index contributed by atoms with van der Waals surface area (Å²) in [4.78, 5) is 0. The Labute approximate surface area is 181 Å². The topological polar surface area (TPSA) is 0 Å². The molecular formula is C28H34F2. The van der Waals surface area contributed by atoms with Gasteiger partial charge in [0.1, 0.15) is 11.6 Å². The maximum Gasteiger partial charge on any atom is 0.142 e. The summed E-state index contributed by atoms with van der Waals surface area (Å²) < 4.78 is 29.3. The van der Waals surface area contributed by atoms with Crippen molar-refractivity contribution >= 4 is 0 Å². The lowest BCUT2D eigenvalue weighted by atomic mass is 9.80. The molecular weight excluding hydrogens is 374 g/mol. The molecule has 1 fully saturated rings. The van der Waals surface area contributed by atoms with E-state index in [0.29, 0.717) is 5.56 Å². The second kappa shape index (κ2) is 11.3. The van der Waals surface area contributed by atoms with E-state index in [1.807, 2.05) is 12.1 Å². The summed E-state index contributed by atoms with van der Waals surface area (Å²) >= 11 is 0. The monoisotopic (exact) mass is 408 g/mol. The van der Waals surface area contributed by atoms with Crippen LogP contribution < -0.4 is 0 Å². The molecule has 0 unspecified atom stereocenters. The van der Waals surface area contributed by atoms with E-state index in [-0.39, 0.29) is 11.5 Å². The van der Waals surface area contributed by atoms with Crippen LogP contribution in [0.3, 0.4) is 0 Å². The normalized spacial score (nSPS) is 18.7. The average molecular weight is 409 g/mol. The molecule has 3 rings (SSSR count). The van der Waals surface area contributed by atoms with Crippen molar-refractivity contribution in [3.05, 3.63) is 59.2 Å². The van der Waals surface area contributed by atoms with Gasteiger partial charge in [0.05, 0.1) is 5.56 Å². The van der Waals surface area contributed by atoms with E-state index in [4.69, 9.17) is 0 Å². The predicted octanol–water partition coefficient (Wildman–Crippen LogP) is 8.32. The molecule has 0 aromatic heterocycles. The van der Waals surface area contributed by atoms with Gasteiger partial charge in [0.15, 0.2) is 0 Å². The van der Waals surface area contributed by atoms with Gasteiger partial charge in [-0.3, -0.25) is 0 Å². The summed E-state index contributed by atoms with van der Waals surface area (Å²) in [6.45, 7) is 4.42. The molecule has 0 N–H and O–H groups in total. The highest BCUT2D eigenvalue weighted by Gasteiger charge is 2.19. The molecule has 160 valence electrons. The minimum atomic E-state index is -0.566. The van der Waals surface area contributed by atoms with Crippen molar-refractivity contribution in [2.45, 2.75) is 78.1 Å². The van der Waals surface area contributed by atoms with Crippen LogP contribution >= 0.6 is 0 Å².